The van der Waals surface area contributed by atoms with Gasteiger partial charge in [0.25, 0.3) is 0 Å². The van der Waals surface area contributed by atoms with Crippen LogP contribution in [0.4, 0.5) is 0 Å². The van der Waals surface area contributed by atoms with Crippen molar-refractivity contribution >= 4 is 24.8 Å². The fourth-order valence-corrected chi connectivity index (χ4v) is 4.99. The summed E-state index contributed by atoms with van der Waals surface area (Å²) in [6.07, 6.45) is 11.1. The molecule has 1 aliphatic carbocycles. The Morgan fingerprint density at radius 3 is 1.66 bits per heavy atom. The molecule has 0 fully saturated rings. The van der Waals surface area contributed by atoms with Crippen LogP contribution in [-0.2, 0) is 24.2 Å². The van der Waals surface area contributed by atoms with Gasteiger partial charge < -0.3 is 0 Å². The van der Waals surface area contributed by atoms with Crippen LogP contribution < -0.4 is 0 Å². The molecule has 0 bridgehead atoms. The zero-order valence-corrected chi connectivity index (χ0v) is 22.7. The van der Waals surface area contributed by atoms with E-state index in [0.717, 1.165) is 6.42 Å². The third kappa shape index (κ3) is 7.00. The second-order valence-corrected chi connectivity index (χ2v) is 9.71. The fourth-order valence-electron chi connectivity index (χ4n) is 4.17. The van der Waals surface area contributed by atoms with Crippen LogP contribution in [0.2, 0.25) is 0 Å². The molecular weight excluding hydrogens is 500 g/mol. The van der Waals surface area contributed by atoms with Gasteiger partial charge in [0.05, 0.1) is 0 Å². The van der Waals surface area contributed by atoms with Crippen molar-refractivity contribution in [1.29, 1.82) is 0 Å². The van der Waals surface area contributed by atoms with Crippen molar-refractivity contribution < 1.29 is 24.2 Å². The Balaban J connectivity index is 0.000000129. The molecule has 0 aromatic heterocycles. The normalized spacial score (nSPS) is 11.9. The van der Waals surface area contributed by atoms with Crippen LogP contribution >= 0.6 is 0 Å². The third-order valence-corrected chi connectivity index (χ3v) is 7.35. The molecule has 5 aromatic carbocycles. The van der Waals surface area contributed by atoms with E-state index in [1.54, 1.807) is 0 Å². The van der Waals surface area contributed by atoms with Gasteiger partial charge in [-0.3, -0.25) is 6.08 Å². The monoisotopic (exact) mass is 528 g/mol. The number of hydrogen-bond donors (Lipinski definition) is 0. The molecule has 1 aliphatic rings. The molecule has 0 aliphatic heterocycles. The van der Waals surface area contributed by atoms with Crippen molar-refractivity contribution in [3.8, 4) is 0 Å². The molecule has 0 spiro atoms. The fraction of sp³-hybridized carbons (Fsp3) is 0.118. The van der Waals surface area contributed by atoms with Crippen molar-refractivity contribution in [1.82, 2.24) is 0 Å². The van der Waals surface area contributed by atoms with E-state index in [-0.39, 0.29) is 0 Å². The van der Waals surface area contributed by atoms with Crippen molar-refractivity contribution in [2.75, 3.05) is 0 Å². The Hall–Kier alpha value is -3.02. The van der Waals surface area contributed by atoms with Crippen LogP contribution in [0.5, 0.6) is 0 Å². The molecule has 1 heteroatoms. The number of rotatable bonds is 4. The van der Waals surface area contributed by atoms with E-state index in [1.165, 1.54) is 78.5 Å². The summed E-state index contributed by atoms with van der Waals surface area (Å²) < 4.78 is 1.42. The Kier molecular flexibility index (Phi) is 9.44. The smallest absolute Gasteiger partial charge is 0.0771 e. The molecule has 6 rings (SSSR count). The van der Waals surface area contributed by atoms with Crippen molar-refractivity contribution in [2.24, 2.45) is 0 Å². The molecule has 0 saturated carbocycles. The maximum absolute atomic E-state index is 3.26. The van der Waals surface area contributed by atoms with Gasteiger partial charge in [-0.05, 0) is 0 Å². The molecule has 0 saturated heterocycles. The molecule has 0 unspecified atom stereocenters. The van der Waals surface area contributed by atoms with Gasteiger partial charge in [-0.25, -0.2) is 11.6 Å². The third-order valence-electron chi connectivity index (χ3n) is 5.93. The van der Waals surface area contributed by atoms with Gasteiger partial charge in [-0.2, -0.15) is 6.08 Å². The molecule has 0 nitrogen and oxygen atoms in total. The Morgan fingerprint density at radius 2 is 1.20 bits per heavy atom. The van der Waals surface area contributed by atoms with E-state index in [9.17, 15) is 0 Å². The minimum Gasteiger partial charge on any atom is -0.126 e. The summed E-state index contributed by atoms with van der Waals surface area (Å²) in [6.45, 7) is 2.20. The molecule has 0 amide bonds. The van der Waals surface area contributed by atoms with E-state index in [1.807, 2.05) is 0 Å². The van der Waals surface area contributed by atoms with Crippen LogP contribution in [0.25, 0.3) is 21.5 Å². The minimum absolute atomic E-state index is 1.04. The largest absolute Gasteiger partial charge is 0.126 e. The van der Waals surface area contributed by atoms with E-state index >= 15 is 0 Å². The molecule has 0 N–H and O–H groups in total. The number of benzene rings is 4. The number of allylic oxidation sites excluding steroid dienone is 4. The molecule has 5 aromatic rings. The van der Waals surface area contributed by atoms with Gasteiger partial charge >= 0.3 is 99.2 Å². The number of hydrogen-bond acceptors (Lipinski definition) is 0. The predicted molar refractivity (Wildman–Crippen MR) is 149 cm³/mol. The van der Waals surface area contributed by atoms with Gasteiger partial charge in [0.2, 0.25) is 0 Å². The zero-order chi connectivity index (χ0) is 24.3. The maximum Gasteiger partial charge on any atom is -0.0771 e. The first-order valence-corrected chi connectivity index (χ1v) is 13.5. The predicted octanol–water partition coefficient (Wildman–Crippen LogP) is 8.99. The summed E-state index contributed by atoms with van der Waals surface area (Å²) in [6, 6.07) is 40.4. The van der Waals surface area contributed by atoms with Gasteiger partial charge in [-0.15, -0.1) is 46.2 Å². The summed E-state index contributed by atoms with van der Waals surface area (Å²) in [7, 11) is 0. The maximum atomic E-state index is 3.26. The van der Waals surface area contributed by atoms with Crippen LogP contribution in [0.3, 0.4) is 0 Å². The van der Waals surface area contributed by atoms with E-state index in [0.29, 0.717) is 0 Å². The van der Waals surface area contributed by atoms with Crippen molar-refractivity contribution in [2.45, 2.75) is 26.2 Å². The van der Waals surface area contributed by atoms with E-state index in [4.69, 9.17) is 0 Å². The summed E-state index contributed by atoms with van der Waals surface area (Å²) in [4.78, 5) is 0. The van der Waals surface area contributed by atoms with Gasteiger partial charge in [-0.1, -0.05) is 56.2 Å². The molecule has 170 valence electrons. The summed E-state index contributed by atoms with van der Waals surface area (Å²) >= 11 is 1.46. The second-order valence-electron chi connectivity index (χ2n) is 8.48. The summed E-state index contributed by atoms with van der Waals surface area (Å²) in [5.41, 5.74) is 4.06. The van der Waals surface area contributed by atoms with Gasteiger partial charge in [0.15, 0.2) is 0 Å². The minimum atomic E-state index is 1.04. The van der Waals surface area contributed by atoms with Gasteiger partial charge in [0.1, 0.15) is 0 Å². The average Bonchev–Trinajstić information content (AvgIpc) is 3.58. The van der Waals surface area contributed by atoms with Crippen LogP contribution in [-0.4, -0.2) is 3.21 Å². The summed E-state index contributed by atoms with van der Waals surface area (Å²) in [5, 5.41) is 5.39. The van der Waals surface area contributed by atoms with E-state index in [2.05, 4.69) is 140 Å². The van der Waals surface area contributed by atoms with Crippen LogP contribution in [0, 0.1) is 6.08 Å². The Labute approximate surface area is 224 Å². The zero-order valence-electron chi connectivity index (χ0n) is 20.2. The molecule has 0 atom stereocenters. The first kappa shape index (κ1) is 25.1. The summed E-state index contributed by atoms with van der Waals surface area (Å²) in [5.74, 6) is 0. The van der Waals surface area contributed by atoms with E-state index < -0.39 is 0 Å². The topological polar surface area (TPSA) is 0 Å². The molecule has 35 heavy (non-hydrogen) atoms. The average molecular weight is 530 g/mol. The van der Waals surface area contributed by atoms with Gasteiger partial charge in [0, 0.05) is 0 Å². The van der Waals surface area contributed by atoms with Crippen LogP contribution in [0.15, 0.2) is 133 Å². The second kappa shape index (κ2) is 13.2. The van der Waals surface area contributed by atoms with Crippen LogP contribution in [0.1, 0.15) is 37.3 Å². The molecular formula is C34H30Zr. The quantitative estimate of drug-likeness (QED) is 0.204. The Bertz CT molecular complexity index is 1330. The van der Waals surface area contributed by atoms with Crippen molar-refractivity contribution in [3.63, 3.8) is 0 Å². The number of fused-ring (bicyclic) bond motifs is 3. The van der Waals surface area contributed by atoms with Crippen molar-refractivity contribution in [3.05, 3.63) is 150 Å². The Morgan fingerprint density at radius 1 is 0.714 bits per heavy atom. The first-order valence-electron chi connectivity index (χ1n) is 12.2. The molecule has 0 radical (unpaired) electrons. The standard InChI is InChI=1S/C13H9.C13H10.C8H11.Zr/c1-3-7-12-10(5-1)9-11-6-2-4-8-13(11)12;1-3-7-12(8-4-1)11-13-9-5-2-6-10-13;1-2-5-8-6-3-4-7-8;/h1-9H;1-10H;3,6H,2,4-5H2,1H3;/q-1;;-1;+2. The first-order chi connectivity index (χ1) is 17.3. The molecule has 0 heterocycles. The SMILES string of the molecule is CCCC1=[C-]CC=C1.[Zr+2]=[C](c1ccccc1)c1ccccc1.c1ccc2c(c1)[cH-]c1ccccc12.